The van der Waals surface area contributed by atoms with Crippen LogP contribution in [0.15, 0.2) is 42.5 Å². The number of nitrogens with one attached hydrogen (secondary N) is 1. The number of rotatable bonds is 9. The summed E-state index contributed by atoms with van der Waals surface area (Å²) in [6, 6.07) is 14.1. The summed E-state index contributed by atoms with van der Waals surface area (Å²) in [4.78, 5) is 25.4. The predicted octanol–water partition coefficient (Wildman–Crippen LogP) is 2.66. The molecule has 4 rings (SSSR count). The van der Waals surface area contributed by atoms with Crippen molar-refractivity contribution in [2.45, 2.75) is 37.8 Å². The molecular weight excluding hydrogens is 356 g/mol. The molecule has 6 nitrogen and oxygen atoms in total. The summed E-state index contributed by atoms with van der Waals surface area (Å²) in [5.74, 6) is 0.443. The topological polar surface area (TPSA) is 78.9 Å². The Balaban J connectivity index is 1.24. The van der Waals surface area contributed by atoms with Crippen molar-refractivity contribution in [2.24, 2.45) is 5.92 Å². The van der Waals surface area contributed by atoms with Crippen molar-refractivity contribution in [3.8, 4) is 5.75 Å². The van der Waals surface area contributed by atoms with Crippen molar-refractivity contribution in [2.75, 3.05) is 19.7 Å². The molecule has 2 N–H and O–H groups in total. The van der Waals surface area contributed by atoms with Crippen molar-refractivity contribution >= 4 is 22.6 Å². The number of ether oxygens (including phenoxy) is 1. The molecule has 0 spiro atoms. The van der Waals surface area contributed by atoms with E-state index in [2.05, 4.69) is 10.2 Å². The number of fused-ring (bicyclic) bond motifs is 1. The molecule has 28 heavy (non-hydrogen) atoms. The first-order valence-electron chi connectivity index (χ1n) is 9.94. The minimum absolute atomic E-state index is 0.0178. The molecule has 0 radical (unpaired) electrons. The SMILES string of the molecule is O=C(O)CN(CC1CC1)C1CC(NC(=O)COc2cccc3ccccc23)C1. The number of nitrogens with zero attached hydrogens (tertiary/aromatic N) is 1. The maximum Gasteiger partial charge on any atom is 0.317 e. The molecule has 2 saturated carbocycles. The molecule has 2 aliphatic carbocycles. The van der Waals surface area contributed by atoms with Crippen LogP contribution >= 0.6 is 0 Å². The van der Waals surface area contributed by atoms with Crippen LogP contribution in [0.5, 0.6) is 5.75 Å². The van der Waals surface area contributed by atoms with Crippen LogP contribution in [0.2, 0.25) is 0 Å². The summed E-state index contributed by atoms with van der Waals surface area (Å²) in [7, 11) is 0. The van der Waals surface area contributed by atoms with E-state index in [4.69, 9.17) is 9.84 Å². The number of hydrogen-bond donors (Lipinski definition) is 2. The Morgan fingerprint density at radius 3 is 2.61 bits per heavy atom. The minimum atomic E-state index is -0.781. The molecule has 6 heteroatoms. The Kier molecular flexibility index (Phi) is 5.48. The van der Waals surface area contributed by atoms with Gasteiger partial charge in [0.15, 0.2) is 6.61 Å². The summed E-state index contributed by atoms with van der Waals surface area (Å²) < 4.78 is 5.74. The molecule has 0 heterocycles. The third-order valence-corrected chi connectivity index (χ3v) is 5.63. The molecule has 0 atom stereocenters. The van der Waals surface area contributed by atoms with Crippen LogP contribution in [-0.4, -0.2) is 53.7 Å². The second-order valence-corrected chi connectivity index (χ2v) is 7.92. The zero-order valence-electron chi connectivity index (χ0n) is 15.8. The Labute approximate surface area is 164 Å². The zero-order chi connectivity index (χ0) is 19.5. The van der Waals surface area contributed by atoms with Crippen molar-refractivity contribution in [3.63, 3.8) is 0 Å². The molecule has 0 saturated heterocycles. The first-order valence-corrected chi connectivity index (χ1v) is 9.94. The Morgan fingerprint density at radius 1 is 1.11 bits per heavy atom. The van der Waals surface area contributed by atoms with Crippen LogP contribution in [0.3, 0.4) is 0 Å². The summed E-state index contributed by atoms with van der Waals surface area (Å²) in [5.41, 5.74) is 0. The number of carboxylic acids is 1. The lowest BCUT2D eigenvalue weighted by atomic mass is 9.85. The van der Waals surface area contributed by atoms with Crippen LogP contribution in [0.4, 0.5) is 0 Å². The molecule has 2 fully saturated rings. The summed E-state index contributed by atoms with van der Waals surface area (Å²) >= 11 is 0. The molecule has 0 unspecified atom stereocenters. The summed E-state index contributed by atoms with van der Waals surface area (Å²) in [5, 5.41) is 14.2. The predicted molar refractivity (Wildman–Crippen MR) is 106 cm³/mol. The Hall–Kier alpha value is -2.60. The average Bonchev–Trinajstić information content (AvgIpc) is 3.45. The van der Waals surface area contributed by atoms with E-state index in [-0.39, 0.29) is 31.1 Å². The molecular formula is C22H26N2O4. The van der Waals surface area contributed by atoms with E-state index < -0.39 is 5.97 Å². The van der Waals surface area contributed by atoms with Crippen molar-refractivity contribution < 1.29 is 19.4 Å². The van der Waals surface area contributed by atoms with Gasteiger partial charge in [-0.1, -0.05) is 36.4 Å². The van der Waals surface area contributed by atoms with Crippen molar-refractivity contribution in [1.82, 2.24) is 10.2 Å². The van der Waals surface area contributed by atoms with Crippen LogP contribution in [-0.2, 0) is 9.59 Å². The molecule has 0 aliphatic heterocycles. The van der Waals surface area contributed by atoms with Gasteiger partial charge in [-0.25, -0.2) is 0 Å². The van der Waals surface area contributed by atoms with E-state index in [1.165, 1.54) is 12.8 Å². The first-order chi connectivity index (χ1) is 13.6. The van der Waals surface area contributed by atoms with Gasteiger partial charge >= 0.3 is 5.97 Å². The number of carbonyl (C=O) groups excluding carboxylic acids is 1. The van der Waals surface area contributed by atoms with Gasteiger partial charge in [0.05, 0.1) is 6.54 Å². The highest BCUT2D eigenvalue weighted by Gasteiger charge is 2.37. The lowest BCUT2D eigenvalue weighted by Crippen LogP contribution is -2.55. The van der Waals surface area contributed by atoms with Gasteiger partial charge in [0.2, 0.25) is 0 Å². The summed E-state index contributed by atoms with van der Waals surface area (Å²) in [6.07, 6.45) is 4.02. The third kappa shape index (κ3) is 4.62. The molecule has 2 aliphatic rings. The van der Waals surface area contributed by atoms with Crippen molar-refractivity contribution in [1.29, 1.82) is 0 Å². The van der Waals surface area contributed by atoms with Crippen LogP contribution in [0, 0.1) is 5.92 Å². The van der Waals surface area contributed by atoms with E-state index in [0.29, 0.717) is 11.7 Å². The van der Waals surface area contributed by atoms with Gasteiger partial charge in [0.1, 0.15) is 5.75 Å². The largest absolute Gasteiger partial charge is 0.483 e. The highest BCUT2D eigenvalue weighted by molar-refractivity contribution is 5.88. The maximum absolute atomic E-state index is 12.3. The van der Waals surface area contributed by atoms with Gasteiger partial charge in [-0.2, -0.15) is 0 Å². The fourth-order valence-electron chi connectivity index (χ4n) is 3.89. The highest BCUT2D eigenvalue weighted by atomic mass is 16.5. The standard InChI is InChI=1S/C22H26N2O4/c25-21(14-28-20-7-3-5-16-4-1-2-6-19(16)20)23-17-10-18(11-17)24(13-22(26)27)12-15-8-9-15/h1-7,15,17-18H,8-14H2,(H,23,25)(H,26,27). The van der Waals surface area contributed by atoms with E-state index in [9.17, 15) is 9.59 Å². The van der Waals surface area contributed by atoms with Gasteiger partial charge in [0, 0.05) is 24.0 Å². The first kappa shape index (κ1) is 18.7. The van der Waals surface area contributed by atoms with Gasteiger partial charge in [-0.05, 0) is 43.1 Å². The lowest BCUT2D eigenvalue weighted by molar-refractivity contribution is -0.140. The lowest BCUT2D eigenvalue weighted by Gasteiger charge is -2.42. The number of benzene rings is 2. The second kappa shape index (κ2) is 8.19. The van der Waals surface area contributed by atoms with E-state index in [1.807, 2.05) is 42.5 Å². The van der Waals surface area contributed by atoms with Crippen LogP contribution < -0.4 is 10.1 Å². The van der Waals surface area contributed by atoms with Crippen LogP contribution in [0.25, 0.3) is 10.8 Å². The maximum atomic E-state index is 12.3. The molecule has 148 valence electrons. The fourth-order valence-corrected chi connectivity index (χ4v) is 3.89. The molecule has 0 bridgehead atoms. The van der Waals surface area contributed by atoms with Crippen LogP contribution in [0.1, 0.15) is 25.7 Å². The number of aliphatic carboxylic acids is 1. The normalized spacial score (nSPS) is 21.3. The number of carbonyl (C=O) groups is 2. The second-order valence-electron chi connectivity index (χ2n) is 7.92. The van der Waals surface area contributed by atoms with E-state index >= 15 is 0 Å². The quantitative estimate of drug-likeness (QED) is 0.697. The van der Waals surface area contributed by atoms with Gasteiger partial charge in [-0.3, -0.25) is 14.5 Å². The molecule has 0 aromatic heterocycles. The van der Waals surface area contributed by atoms with Gasteiger partial charge < -0.3 is 15.2 Å². The zero-order valence-corrected chi connectivity index (χ0v) is 15.8. The minimum Gasteiger partial charge on any atom is -0.483 e. The molecule has 2 aromatic rings. The third-order valence-electron chi connectivity index (χ3n) is 5.63. The monoisotopic (exact) mass is 382 g/mol. The molecule has 1 amide bonds. The van der Waals surface area contributed by atoms with E-state index in [1.54, 1.807) is 0 Å². The number of amides is 1. The number of hydrogen-bond acceptors (Lipinski definition) is 4. The smallest absolute Gasteiger partial charge is 0.317 e. The highest BCUT2D eigenvalue weighted by Crippen LogP contribution is 2.33. The Bertz CT molecular complexity index is 853. The molecule has 2 aromatic carbocycles. The van der Waals surface area contributed by atoms with Crippen molar-refractivity contribution in [3.05, 3.63) is 42.5 Å². The van der Waals surface area contributed by atoms with Gasteiger partial charge in [0.25, 0.3) is 5.91 Å². The Morgan fingerprint density at radius 2 is 1.86 bits per heavy atom. The van der Waals surface area contributed by atoms with Gasteiger partial charge in [-0.15, -0.1) is 0 Å². The number of carboxylic acid groups (broad SMARTS) is 1. The summed E-state index contributed by atoms with van der Waals surface area (Å²) in [6.45, 7) is 0.934. The fraction of sp³-hybridized carbons (Fsp3) is 0.455. The van der Waals surface area contributed by atoms with E-state index in [0.717, 1.165) is 30.2 Å². The average molecular weight is 382 g/mol.